The van der Waals surface area contributed by atoms with Gasteiger partial charge in [0, 0.05) is 19.2 Å². The van der Waals surface area contributed by atoms with Gasteiger partial charge in [-0.25, -0.2) is 0 Å². The van der Waals surface area contributed by atoms with Crippen LogP contribution in [0.5, 0.6) is 0 Å². The molecule has 2 aromatic carbocycles. The number of nitrogens with one attached hydrogen (secondary N) is 2. The van der Waals surface area contributed by atoms with E-state index in [1.54, 1.807) is 7.05 Å². The molecule has 3 rings (SSSR count). The molecule has 1 aliphatic rings. The maximum Gasteiger partial charge on any atom is 0.280 e. The summed E-state index contributed by atoms with van der Waals surface area (Å²) >= 11 is 0. The summed E-state index contributed by atoms with van der Waals surface area (Å²) in [5.74, 6) is -0.188. The molecule has 0 bridgehead atoms. The van der Waals surface area contributed by atoms with Crippen LogP contribution in [0.3, 0.4) is 0 Å². The lowest BCUT2D eigenvalue weighted by atomic mass is 9.99. The fourth-order valence-electron chi connectivity index (χ4n) is 3.70. The van der Waals surface area contributed by atoms with Gasteiger partial charge in [0.15, 0.2) is 6.04 Å². The number of amides is 2. The fraction of sp³-hybridized carbons (Fsp3) is 0.333. The highest BCUT2D eigenvalue weighted by Gasteiger charge is 2.29. The minimum atomic E-state index is -0.184. The number of hydrogen-bond donors (Lipinski definition) is 2. The van der Waals surface area contributed by atoms with Crippen molar-refractivity contribution < 1.29 is 14.5 Å². The average Bonchev–Trinajstić information content (AvgIpc) is 2.75. The summed E-state index contributed by atoms with van der Waals surface area (Å²) in [7, 11) is 1.70. The Bertz CT molecular complexity index is 875. The van der Waals surface area contributed by atoms with Gasteiger partial charge >= 0.3 is 0 Å². The molecule has 0 saturated carbocycles. The van der Waals surface area contributed by atoms with Crippen molar-refractivity contribution in [2.45, 2.75) is 26.3 Å². The smallest absolute Gasteiger partial charge is 0.280 e. The SMILES string of the molecule is Cc1ccc(NC(=O)CN(C)C(=O)[C@@H](C)[NH+]2CC=C(c3ccccc3)CC2)cc1. The van der Waals surface area contributed by atoms with E-state index in [2.05, 4.69) is 35.7 Å². The molecule has 0 aliphatic carbocycles. The lowest BCUT2D eigenvalue weighted by Crippen LogP contribution is -3.17. The minimum Gasteiger partial charge on any atom is -0.331 e. The number of hydrogen-bond acceptors (Lipinski definition) is 2. The number of benzene rings is 2. The van der Waals surface area contributed by atoms with Crippen LogP contribution in [0, 0.1) is 6.92 Å². The number of likely N-dealkylation sites (N-methyl/N-ethyl adjacent to an activating group) is 1. The Morgan fingerprint density at radius 3 is 2.41 bits per heavy atom. The van der Waals surface area contributed by atoms with Gasteiger partial charge in [-0.1, -0.05) is 48.0 Å². The number of nitrogens with zero attached hydrogens (tertiary/aromatic N) is 1. The molecular formula is C24H30N3O2+. The molecule has 2 N–H and O–H groups in total. The standard InChI is InChI=1S/C24H29N3O2/c1-18-9-11-22(12-10-18)25-23(28)17-26(3)24(29)19(2)27-15-13-21(14-16-27)20-7-5-4-6-8-20/h4-13,19H,14-17H2,1-3H3,(H,25,28)/p+1/t19-/m1/s1. The van der Waals surface area contributed by atoms with E-state index in [1.807, 2.05) is 44.2 Å². The highest BCUT2D eigenvalue weighted by atomic mass is 16.2. The first-order chi connectivity index (χ1) is 13.9. The topological polar surface area (TPSA) is 53.9 Å². The summed E-state index contributed by atoms with van der Waals surface area (Å²) in [5, 5.41) is 2.85. The lowest BCUT2D eigenvalue weighted by molar-refractivity contribution is -0.909. The van der Waals surface area contributed by atoms with Gasteiger partial charge in [-0.2, -0.15) is 0 Å². The van der Waals surface area contributed by atoms with Crippen LogP contribution in [0.15, 0.2) is 60.7 Å². The molecule has 29 heavy (non-hydrogen) atoms. The fourth-order valence-corrected chi connectivity index (χ4v) is 3.70. The van der Waals surface area contributed by atoms with Crippen molar-refractivity contribution in [2.75, 3.05) is 32.0 Å². The third-order valence-corrected chi connectivity index (χ3v) is 5.55. The maximum atomic E-state index is 12.8. The van der Waals surface area contributed by atoms with E-state index < -0.39 is 0 Å². The second-order valence-electron chi connectivity index (χ2n) is 7.79. The van der Waals surface area contributed by atoms with Gasteiger partial charge < -0.3 is 15.1 Å². The Morgan fingerprint density at radius 1 is 1.10 bits per heavy atom. The molecule has 2 aromatic rings. The predicted molar refractivity (Wildman–Crippen MR) is 117 cm³/mol. The summed E-state index contributed by atoms with van der Waals surface area (Å²) in [4.78, 5) is 27.9. The molecule has 5 heteroatoms. The van der Waals surface area contributed by atoms with Crippen LogP contribution in [0.4, 0.5) is 5.69 Å². The zero-order valence-corrected chi connectivity index (χ0v) is 17.4. The van der Waals surface area contributed by atoms with Crippen molar-refractivity contribution in [3.05, 3.63) is 71.8 Å². The van der Waals surface area contributed by atoms with Crippen molar-refractivity contribution in [1.82, 2.24) is 4.90 Å². The molecule has 2 amide bonds. The Kier molecular flexibility index (Phi) is 6.83. The van der Waals surface area contributed by atoms with Gasteiger partial charge in [-0.15, -0.1) is 0 Å². The van der Waals surface area contributed by atoms with Crippen LogP contribution in [0.25, 0.3) is 5.57 Å². The van der Waals surface area contributed by atoms with Gasteiger partial charge in [0.25, 0.3) is 5.91 Å². The van der Waals surface area contributed by atoms with Crippen LogP contribution >= 0.6 is 0 Å². The van der Waals surface area contributed by atoms with Crippen molar-refractivity contribution in [1.29, 1.82) is 0 Å². The Morgan fingerprint density at radius 2 is 1.79 bits per heavy atom. The van der Waals surface area contributed by atoms with Gasteiger partial charge in [0.1, 0.15) is 0 Å². The maximum absolute atomic E-state index is 12.8. The zero-order chi connectivity index (χ0) is 20.8. The van der Waals surface area contributed by atoms with Crippen molar-refractivity contribution in [3.63, 3.8) is 0 Å². The highest BCUT2D eigenvalue weighted by molar-refractivity contribution is 5.94. The van der Waals surface area contributed by atoms with Crippen LogP contribution in [-0.2, 0) is 9.59 Å². The molecule has 1 unspecified atom stereocenters. The summed E-state index contributed by atoms with van der Waals surface area (Å²) < 4.78 is 0. The third kappa shape index (κ3) is 5.55. The zero-order valence-electron chi connectivity index (χ0n) is 17.4. The van der Waals surface area contributed by atoms with E-state index in [4.69, 9.17) is 0 Å². The largest absolute Gasteiger partial charge is 0.331 e. The molecule has 0 saturated heterocycles. The molecule has 152 valence electrons. The van der Waals surface area contributed by atoms with Gasteiger partial charge in [0.05, 0.1) is 19.6 Å². The summed E-state index contributed by atoms with van der Waals surface area (Å²) in [6.45, 7) is 5.74. The van der Waals surface area contributed by atoms with Crippen LogP contribution < -0.4 is 10.2 Å². The first kappa shape index (κ1) is 20.8. The van der Waals surface area contributed by atoms with E-state index in [1.165, 1.54) is 20.9 Å². The number of aryl methyl sites for hydroxylation is 1. The molecule has 0 spiro atoms. The number of carbonyl (C=O) groups is 2. The number of rotatable bonds is 6. The van der Waals surface area contributed by atoms with Crippen LogP contribution in [-0.4, -0.2) is 49.4 Å². The third-order valence-electron chi connectivity index (χ3n) is 5.55. The number of anilines is 1. The van der Waals surface area contributed by atoms with E-state index >= 15 is 0 Å². The second-order valence-corrected chi connectivity index (χ2v) is 7.79. The Hall–Kier alpha value is -2.92. The predicted octanol–water partition coefficient (Wildman–Crippen LogP) is 2.15. The monoisotopic (exact) mass is 392 g/mol. The normalized spacial score (nSPS) is 17.2. The number of quaternary nitrogens is 1. The first-order valence-electron chi connectivity index (χ1n) is 10.1. The van der Waals surface area contributed by atoms with Crippen molar-refractivity contribution in [2.24, 2.45) is 0 Å². The summed E-state index contributed by atoms with van der Waals surface area (Å²) in [5.41, 5.74) is 4.49. The first-order valence-corrected chi connectivity index (χ1v) is 10.1. The van der Waals surface area contributed by atoms with Crippen LogP contribution in [0.1, 0.15) is 24.5 Å². The second kappa shape index (κ2) is 9.52. The summed E-state index contributed by atoms with van der Waals surface area (Å²) in [6.07, 6.45) is 3.19. The highest BCUT2D eigenvalue weighted by Crippen LogP contribution is 2.18. The molecule has 2 atom stereocenters. The molecule has 1 heterocycles. The molecule has 5 nitrogen and oxygen atoms in total. The van der Waals surface area contributed by atoms with Gasteiger partial charge in [0.2, 0.25) is 5.91 Å². The van der Waals surface area contributed by atoms with Crippen molar-refractivity contribution in [3.8, 4) is 0 Å². The molecule has 1 aliphatic heterocycles. The summed E-state index contributed by atoms with van der Waals surface area (Å²) in [6, 6.07) is 17.8. The molecular weight excluding hydrogens is 362 g/mol. The molecule has 0 fully saturated rings. The minimum absolute atomic E-state index is 0.00406. The van der Waals surface area contributed by atoms with E-state index in [0.717, 1.165) is 30.8 Å². The van der Waals surface area contributed by atoms with E-state index in [0.29, 0.717) is 0 Å². The van der Waals surface area contributed by atoms with E-state index in [9.17, 15) is 9.59 Å². The number of carbonyl (C=O) groups excluding carboxylic acids is 2. The van der Waals surface area contributed by atoms with E-state index in [-0.39, 0.29) is 24.4 Å². The van der Waals surface area contributed by atoms with Gasteiger partial charge in [-0.05, 0) is 43.2 Å². The van der Waals surface area contributed by atoms with Crippen LogP contribution in [0.2, 0.25) is 0 Å². The molecule has 0 aromatic heterocycles. The Labute approximate surface area is 173 Å². The quantitative estimate of drug-likeness (QED) is 0.792. The van der Waals surface area contributed by atoms with Gasteiger partial charge in [-0.3, -0.25) is 9.59 Å². The average molecular weight is 393 g/mol. The Balaban J connectivity index is 1.52. The lowest BCUT2D eigenvalue weighted by Gasteiger charge is -2.30. The molecule has 0 radical (unpaired) electrons. The van der Waals surface area contributed by atoms with Crippen molar-refractivity contribution >= 4 is 23.1 Å².